The van der Waals surface area contributed by atoms with Gasteiger partial charge in [0, 0.05) is 12.1 Å². The van der Waals surface area contributed by atoms with Gasteiger partial charge in [0.15, 0.2) is 5.82 Å². The van der Waals surface area contributed by atoms with Crippen LogP contribution in [-0.4, -0.2) is 16.9 Å². The second-order valence-electron chi connectivity index (χ2n) is 4.06. The van der Waals surface area contributed by atoms with Crippen LogP contribution in [0.15, 0.2) is 18.2 Å². The summed E-state index contributed by atoms with van der Waals surface area (Å²) in [7, 11) is 0. The Kier molecular flexibility index (Phi) is 4.33. The van der Waals surface area contributed by atoms with Gasteiger partial charge in [0.25, 0.3) is 5.69 Å². The van der Waals surface area contributed by atoms with Gasteiger partial charge >= 0.3 is 0 Å². The fourth-order valence-electron chi connectivity index (χ4n) is 1.20. The van der Waals surface area contributed by atoms with Gasteiger partial charge in [-0.3, -0.25) is 14.9 Å². The second-order valence-corrected chi connectivity index (χ2v) is 4.06. The van der Waals surface area contributed by atoms with Gasteiger partial charge in [0.1, 0.15) is 0 Å². The Morgan fingerprint density at radius 1 is 1.50 bits per heavy atom. The Hall–Kier alpha value is -2.02. The van der Waals surface area contributed by atoms with Gasteiger partial charge in [0.2, 0.25) is 5.91 Å². The standard InChI is InChI=1S/C11H14FN3O3/c1-6(7(2)13)11(16)14-10-4-3-8(15(17)18)5-9(10)12/h3-7H,13H2,1-2H3,(H,14,16). The summed E-state index contributed by atoms with van der Waals surface area (Å²) in [5, 5.41) is 12.8. The minimum atomic E-state index is -0.852. The first-order chi connectivity index (χ1) is 8.32. The van der Waals surface area contributed by atoms with E-state index < -0.39 is 22.6 Å². The number of benzene rings is 1. The lowest BCUT2D eigenvalue weighted by molar-refractivity contribution is -0.385. The largest absolute Gasteiger partial charge is 0.327 e. The maximum Gasteiger partial charge on any atom is 0.272 e. The average Bonchev–Trinajstić information content (AvgIpc) is 2.30. The predicted molar refractivity (Wildman–Crippen MR) is 64.5 cm³/mol. The van der Waals surface area contributed by atoms with E-state index in [1.165, 1.54) is 0 Å². The summed E-state index contributed by atoms with van der Waals surface area (Å²) < 4.78 is 13.5. The summed E-state index contributed by atoms with van der Waals surface area (Å²) in [5.74, 6) is -1.77. The number of nitrogens with zero attached hydrogens (tertiary/aromatic N) is 1. The fraction of sp³-hybridized carbons (Fsp3) is 0.364. The molecule has 2 atom stereocenters. The zero-order chi connectivity index (χ0) is 13.9. The van der Waals surface area contributed by atoms with Crippen LogP contribution in [0.3, 0.4) is 0 Å². The third kappa shape index (κ3) is 3.24. The molecule has 0 saturated heterocycles. The Morgan fingerprint density at radius 2 is 2.11 bits per heavy atom. The predicted octanol–water partition coefficient (Wildman–Crippen LogP) is 1.66. The third-order valence-corrected chi connectivity index (χ3v) is 2.62. The molecule has 18 heavy (non-hydrogen) atoms. The van der Waals surface area contributed by atoms with Crippen LogP contribution in [0, 0.1) is 21.8 Å². The summed E-state index contributed by atoms with van der Waals surface area (Å²) >= 11 is 0. The van der Waals surface area contributed by atoms with Crippen molar-refractivity contribution in [3.05, 3.63) is 34.1 Å². The minimum Gasteiger partial charge on any atom is -0.327 e. The molecule has 1 aromatic rings. The van der Waals surface area contributed by atoms with E-state index in [1.807, 2.05) is 0 Å². The van der Waals surface area contributed by atoms with Crippen LogP contribution in [-0.2, 0) is 4.79 Å². The van der Waals surface area contributed by atoms with E-state index in [0.717, 1.165) is 18.2 Å². The summed E-state index contributed by atoms with van der Waals surface area (Å²) in [4.78, 5) is 21.3. The van der Waals surface area contributed by atoms with Gasteiger partial charge < -0.3 is 11.1 Å². The number of carbonyl (C=O) groups is 1. The number of hydrogen-bond donors (Lipinski definition) is 2. The van der Waals surface area contributed by atoms with Gasteiger partial charge in [-0.2, -0.15) is 0 Å². The smallest absolute Gasteiger partial charge is 0.272 e. The van der Waals surface area contributed by atoms with E-state index in [2.05, 4.69) is 5.32 Å². The van der Waals surface area contributed by atoms with Gasteiger partial charge in [-0.1, -0.05) is 6.92 Å². The number of nitrogens with one attached hydrogen (secondary N) is 1. The van der Waals surface area contributed by atoms with Crippen LogP contribution in [0.1, 0.15) is 13.8 Å². The van der Waals surface area contributed by atoms with E-state index >= 15 is 0 Å². The summed E-state index contributed by atoms with van der Waals surface area (Å²) in [6, 6.07) is 2.66. The van der Waals surface area contributed by atoms with Crippen LogP contribution >= 0.6 is 0 Å². The van der Waals surface area contributed by atoms with Crippen LogP contribution in [0.4, 0.5) is 15.8 Å². The first-order valence-electron chi connectivity index (χ1n) is 5.33. The maximum absolute atomic E-state index is 13.5. The molecule has 0 aliphatic carbocycles. The number of nitro benzene ring substituents is 1. The number of hydrogen-bond acceptors (Lipinski definition) is 4. The van der Waals surface area contributed by atoms with Crippen molar-refractivity contribution >= 4 is 17.3 Å². The molecule has 0 bridgehead atoms. The van der Waals surface area contributed by atoms with Crippen molar-refractivity contribution < 1.29 is 14.1 Å². The van der Waals surface area contributed by atoms with Crippen LogP contribution in [0.25, 0.3) is 0 Å². The quantitative estimate of drug-likeness (QED) is 0.631. The van der Waals surface area contributed by atoms with Crippen molar-refractivity contribution in [2.24, 2.45) is 11.7 Å². The molecule has 0 aliphatic heterocycles. The van der Waals surface area contributed by atoms with E-state index in [-0.39, 0.29) is 17.4 Å². The number of anilines is 1. The molecular weight excluding hydrogens is 241 g/mol. The fourth-order valence-corrected chi connectivity index (χ4v) is 1.20. The summed E-state index contributed by atoms with van der Waals surface area (Å²) in [6.45, 7) is 3.28. The first kappa shape index (κ1) is 14.0. The molecule has 0 heterocycles. The van der Waals surface area contributed by atoms with E-state index in [0.29, 0.717) is 0 Å². The molecule has 3 N–H and O–H groups in total. The lowest BCUT2D eigenvalue weighted by Gasteiger charge is -2.15. The van der Waals surface area contributed by atoms with Crippen molar-refractivity contribution in [3.8, 4) is 0 Å². The van der Waals surface area contributed by atoms with E-state index in [4.69, 9.17) is 5.73 Å². The lowest BCUT2D eigenvalue weighted by atomic mass is 10.0. The third-order valence-electron chi connectivity index (χ3n) is 2.62. The zero-order valence-corrected chi connectivity index (χ0v) is 10.0. The molecule has 0 aromatic heterocycles. The molecular formula is C11H14FN3O3. The molecule has 0 saturated carbocycles. The Balaban J connectivity index is 2.86. The number of amides is 1. The highest BCUT2D eigenvalue weighted by molar-refractivity contribution is 5.92. The number of rotatable bonds is 4. The number of non-ortho nitro benzene ring substituents is 1. The van der Waals surface area contributed by atoms with Crippen molar-refractivity contribution in [3.63, 3.8) is 0 Å². The van der Waals surface area contributed by atoms with Gasteiger partial charge in [-0.15, -0.1) is 0 Å². The van der Waals surface area contributed by atoms with Gasteiger partial charge in [0.05, 0.1) is 22.6 Å². The number of carbonyl (C=O) groups excluding carboxylic acids is 1. The molecule has 1 amide bonds. The highest BCUT2D eigenvalue weighted by Crippen LogP contribution is 2.21. The minimum absolute atomic E-state index is 0.0990. The molecule has 0 radical (unpaired) electrons. The first-order valence-corrected chi connectivity index (χ1v) is 5.33. The van der Waals surface area contributed by atoms with Crippen LogP contribution in [0.5, 0.6) is 0 Å². The summed E-state index contributed by atoms with van der Waals surface area (Å²) in [6.07, 6.45) is 0. The van der Waals surface area contributed by atoms with Crippen LogP contribution in [0.2, 0.25) is 0 Å². The van der Waals surface area contributed by atoms with Gasteiger partial charge in [-0.05, 0) is 13.0 Å². The molecule has 1 rings (SSSR count). The van der Waals surface area contributed by atoms with Crippen molar-refractivity contribution in [2.75, 3.05) is 5.32 Å². The Morgan fingerprint density at radius 3 is 2.56 bits per heavy atom. The molecule has 7 heteroatoms. The van der Waals surface area contributed by atoms with Crippen molar-refractivity contribution in [2.45, 2.75) is 19.9 Å². The zero-order valence-electron chi connectivity index (χ0n) is 10.0. The second kappa shape index (κ2) is 5.54. The Labute approximate surface area is 103 Å². The molecule has 0 aliphatic rings. The average molecular weight is 255 g/mol. The topological polar surface area (TPSA) is 98.3 Å². The monoisotopic (exact) mass is 255 g/mol. The lowest BCUT2D eigenvalue weighted by Crippen LogP contribution is -2.34. The molecule has 98 valence electrons. The molecule has 1 aromatic carbocycles. The van der Waals surface area contributed by atoms with Crippen LogP contribution < -0.4 is 11.1 Å². The molecule has 0 spiro atoms. The summed E-state index contributed by atoms with van der Waals surface area (Å²) in [5.41, 5.74) is 5.08. The molecule has 2 unspecified atom stereocenters. The number of halogens is 1. The van der Waals surface area contributed by atoms with E-state index in [1.54, 1.807) is 13.8 Å². The normalized spacial score (nSPS) is 13.8. The highest BCUT2D eigenvalue weighted by Gasteiger charge is 2.19. The van der Waals surface area contributed by atoms with Crippen molar-refractivity contribution in [1.29, 1.82) is 0 Å². The number of nitrogens with two attached hydrogens (primary N) is 1. The molecule has 6 nitrogen and oxygen atoms in total. The van der Waals surface area contributed by atoms with Crippen molar-refractivity contribution in [1.82, 2.24) is 0 Å². The van der Waals surface area contributed by atoms with E-state index in [9.17, 15) is 19.3 Å². The SMILES string of the molecule is CC(N)C(C)C(=O)Nc1ccc([N+](=O)[O-])cc1F. The Bertz CT molecular complexity index is 477. The van der Waals surface area contributed by atoms with Gasteiger partial charge in [-0.25, -0.2) is 4.39 Å². The number of nitro groups is 1. The molecule has 0 fully saturated rings. The maximum atomic E-state index is 13.5. The highest BCUT2D eigenvalue weighted by atomic mass is 19.1.